The van der Waals surface area contributed by atoms with Gasteiger partial charge in [0, 0.05) is 29.9 Å². The molecule has 1 aliphatic rings. The Kier molecular flexibility index (Phi) is 5.55. The maximum absolute atomic E-state index is 13.4. The summed E-state index contributed by atoms with van der Waals surface area (Å²) in [5.74, 6) is -0.151. The number of hydrogen-bond acceptors (Lipinski definition) is 3. The summed E-state index contributed by atoms with van der Waals surface area (Å²) >= 11 is 0. The number of hydrogen-bond donors (Lipinski definition) is 0. The molecule has 3 aromatic rings. The molecule has 0 spiro atoms. The number of carbonyl (C=O) groups is 2. The molecule has 2 amide bonds. The molecule has 4 rings (SSSR count). The Morgan fingerprint density at radius 1 is 0.968 bits per heavy atom. The molecule has 5 nitrogen and oxygen atoms in total. The van der Waals surface area contributed by atoms with Crippen LogP contribution in [0.1, 0.15) is 47.8 Å². The number of nitrogens with zero attached hydrogens (tertiary/aromatic N) is 3. The van der Waals surface area contributed by atoms with E-state index >= 15 is 0 Å². The molecule has 2 atom stereocenters. The molecule has 0 unspecified atom stereocenters. The lowest BCUT2D eigenvalue weighted by Gasteiger charge is -2.43. The van der Waals surface area contributed by atoms with Crippen molar-refractivity contribution in [2.24, 2.45) is 0 Å². The lowest BCUT2D eigenvalue weighted by Crippen LogP contribution is -2.47. The first-order chi connectivity index (χ1) is 15.0. The van der Waals surface area contributed by atoms with Gasteiger partial charge in [0.1, 0.15) is 0 Å². The van der Waals surface area contributed by atoms with Crippen LogP contribution in [0, 0.1) is 11.3 Å². The number of benzene rings is 3. The van der Waals surface area contributed by atoms with Crippen molar-refractivity contribution in [3.63, 3.8) is 0 Å². The lowest BCUT2D eigenvalue weighted by molar-refractivity contribution is -0.117. The first kappa shape index (κ1) is 20.4. The van der Waals surface area contributed by atoms with Crippen molar-refractivity contribution in [2.45, 2.75) is 32.4 Å². The third-order valence-corrected chi connectivity index (χ3v) is 5.73. The van der Waals surface area contributed by atoms with Crippen LogP contribution in [0.4, 0.5) is 11.4 Å². The SMILES string of the molecule is CC(=O)N(c1ccccc1)[C@@H]1C[C@H](C)N(C(=O)c2ccc(C#N)cc2)c2ccccc21. The van der Waals surface area contributed by atoms with E-state index in [0.717, 1.165) is 16.9 Å². The third-order valence-electron chi connectivity index (χ3n) is 5.73. The molecule has 0 fully saturated rings. The summed E-state index contributed by atoms with van der Waals surface area (Å²) in [5.41, 5.74) is 3.65. The molecular formula is C26H23N3O2. The molecule has 0 aromatic heterocycles. The zero-order valence-electron chi connectivity index (χ0n) is 17.5. The highest BCUT2D eigenvalue weighted by Gasteiger charge is 2.38. The van der Waals surface area contributed by atoms with E-state index in [0.29, 0.717) is 17.5 Å². The van der Waals surface area contributed by atoms with Gasteiger partial charge >= 0.3 is 0 Å². The van der Waals surface area contributed by atoms with Crippen molar-refractivity contribution in [1.29, 1.82) is 5.26 Å². The summed E-state index contributed by atoms with van der Waals surface area (Å²) in [7, 11) is 0. The first-order valence-electron chi connectivity index (χ1n) is 10.3. The average molecular weight is 409 g/mol. The van der Waals surface area contributed by atoms with Crippen LogP contribution >= 0.6 is 0 Å². The largest absolute Gasteiger partial charge is 0.305 e. The van der Waals surface area contributed by atoms with Crippen molar-refractivity contribution in [1.82, 2.24) is 0 Å². The molecule has 0 saturated carbocycles. The summed E-state index contributed by atoms with van der Waals surface area (Å²) in [4.78, 5) is 29.7. The van der Waals surface area contributed by atoms with Crippen molar-refractivity contribution >= 4 is 23.2 Å². The van der Waals surface area contributed by atoms with Crippen molar-refractivity contribution in [3.05, 3.63) is 95.6 Å². The zero-order valence-corrected chi connectivity index (χ0v) is 17.5. The van der Waals surface area contributed by atoms with Gasteiger partial charge in [-0.1, -0.05) is 36.4 Å². The Balaban J connectivity index is 1.76. The Morgan fingerprint density at radius 3 is 2.26 bits per heavy atom. The lowest BCUT2D eigenvalue weighted by atomic mass is 9.89. The van der Waals surface area contributed by atoms with E-state index in [1.54, 1.807) is 36.1 Å². The first-order valence-corrected chi connectivity index (χ1v) is 10.3. The van der Waals surface area contributed by atoms with Crippen LogP contribution in [0.3, 0.4) is 0 Å². The third kappa shape index (κ3) is 3.80. The second-order valence-electron chi connectivity index (χ2n) is 7.75. The summed E-state index contributed by atoms with van der Waals surface area (Å²) in [6.07, 6.45) is 0.619. The topological polar surface area (TPSA) is 64.4 Å². The summed E-state index contributed by atoms with van der Waals surface area (Å²) in [5, 5.41) is 9.03. The highest BCUT2D eigenvalue weighted by molar-refractivity contribution is 6.07. The van der Waals surface area contributed by atoms with Crippen LogP contribution in [-0.2, 0) is 4.79 Å². The number of rotatable bonds is 3. The second kappa shape index (κ2) is 8.45. The van der Waals surface area contributed by atoms with Gasteiger partial charge in [0.2, 0.25) is 5.91 Å². The summed E-state index contributed by atoms with van der Waals surface area (Å²) < 4.78 is 0. The van der Waals surface area contributed by atoms with Gasteiger partial charge in [0.25, 0.3) is 5.91 Å². The molecule has 154 valence electrons. The molecule has 1 aliphatic heterocycles. The second-order valence-corrected chi connectivity index (χ2v) is 7.75. The molecule has 5 heteroatoms. The average Bonchev–Trinajstić information content (AvgIpc) is 2.79. The smallest absolute Gasteiger partial charge is 0.258 e. The van der Waals surface area contributed by atoms with Gasteiger partial charge in [-0.3, -0.25) is 9.59 Å². The van der Waals surface area contributed by atoms with E-state index in [1.165, 1.54) is 0 Å². The number of carbonyl (C=O) groups excluding carboxylic acids is 2. The van der Waals surface area contributed by atoms with E-state index < -0.39 is 0 Å². The van der Waals surface area contributed by atoms with Crippen LogP contribution in [0.2, 0.25) is 0 Å². The number of anilines is 2. The summed E-state index contributed by atoms with van der Waals surface area (Å²) in [6, 6.07) is 25.9. The Hall–Kier alpha value is -3.91. The minimum absolute atomic E-state index is 0.0370. The summed E-state index contributed by atoms with van der Waals surface area (Å²) in [6.45, 7) is 3.59. The van der Waals surface area contributed by atoms with E-state index in [1.807, 2.05) is 66.4 Å². The minimum atomic E-state index is -0.170. The minimum Gasteiger partial charge on any atom is -0.305 e. The van der Waals surface area contributed by atoms with Crippen molar-refractivity contribution in [2.75, 3.05) is 9.80 Å². The molecule has 1 heterocycles. The van der Waals surface area contributed by atoms with Crippen LogP contribution in [-0.4, -0.2) is 17.9 Å². The van der Waals surface area contributed by atoms with E-state index in [-0.39, 0.29) is 23.9 Å². The molecule has 3 aromatic carbocycles. The Morgan fingerprint density at radius 2 is 1.61 bits per heavy atom. The molecular weight excluding hydrogens is 386 g/mol. The van der Waals surface area contributed by atoms with Gasteiger partial charge in [-0.05, 0) is 61.4 Å². The monoisotopic (exact) mass is 409 g/mol. The highest BCUT2D eigenvalue weighted by Crippen LogP contribution is 2.42. The van der Waals surface area contributed by atoms with Crippen LogP contribution in [0.25, 0.3) is 0 Å². The quantitative estimate of drug-likeness (QED) is 0.605. The molecule has 0 radical (unpaired) electrons. The number of fused-ring (bicyclic) bond motifs is 1. The number of para-hydroxylation sites is 2. The fraction of sp³-hybridized carbons (Fsp3) is 0.192. The maximum Gasteiger partial charge on any atom is 0.258 e. The van der Waals surface area contributed by atoms with Gasteiger partial charge in [-0.15, -0.1) is 0 Å². The number of amides is 2. The van der Waals surface area contributed by atoms with Crippen LogP contribution < -0.4 is 9.80 Å². The molecule has 0 aliphatic carbocycles. The van der Waals surface area contributed by atoms with Crippen LogP contribution in [0.5, 0.6) is 0 Å². The van der Waals surface area contributed by atoms with Crippen LogP contribution in [0.15, 0.2) is 78.9 Å². The maximum atomic E-state index is 13.4. The zero-order chi connectivity index (χ0) is 22.0. The van der Waals surface area contributed by atoms with Gasteiger partial charge in [0.15, 0.2) is 0 Å². The Labute approximate surface area is 182 Å². The standard InChI is InChI=1S/C26H23N3O2/c1-18-16-25(29(19(2)30)22-8-4-3-5-9-22)23-10-6-7-11-24(23)28(18)26(31)21-14-12-20(17-27)13-15-21/h3-15,18,25H,16H2,1-2H3/t18-,25+/m0/s1. The van der Waals surface area contributed by atoms with Gasteiger partial charge < -0.3 is 9.80 Å². The van der Waals surface area contributed by atoms with Crippen molar-refractivity contribution in [3.8, 4) is 6.07 Å². The van der Waals surface area contributed by atoms with Crippen molar-refractivity contribution < 1.29 is 9.59 Å². The predicted octanol–water partition coefficient (Wildman–Crippen LogP) is 5.09. The molecule has 31 heavy (non-hydrogen) atoms. The predicted molar refractivity (Wildman–Crippen MR) is 121 cm³/mol. The molecule has 0 N–H and O–H groups in total. The number of nitriles is 1. The van der Waals surface area contributed by atoms with E-state index in [9.17, 15) is 9.59 Å². The van der Waals surface area contributed by atoms with Gasteiger partial charge in [-0.25, -0.2) is 0 Å². The molecule has 0 saturated heterocycles. The fourth-order valence-corrected chi connectivity index (χ4v) is 4.33. The van der Waals surface area contributed by atoms with Gasteiger partial charge in [-0.2, -0.15) is 5.26 Å². The fourth-order valence-electron chi connectivity index (χ4n) is 4.33. The Bertz CT molecular complexity index is 1150. The van der Waals surface area contributed by atoms with Gasteiger partial charge in [0.05, 0.1) is 17.7 Å². The normalized spacial score (nSPS) is 17.4. The highest BCUT2D eigenvalue weighted by atomic mass is 16.2. The van der Waals surface area contributed by atoms with E-state index in [2.05, 4.69) is 6.07 Å². The van der Waals surface area contributed by atoms with E-state index in [4.69, 9.17) is 5.26 Å². The molecule has 0 bridgehead atoms.